The SMILES string of the molecule is C[C@H](OC(=O)c1ccc(N)c([N+](=O)[O-])c1)C(=O)NC1CC1. The van der Waals surface area contributed by atoms with Gasteiger partial charge in [-0.2, -0.15) is 0 Å². The molecule has 1 amide bonds. The molecular weight excluding hydrogens is 278 g/mol. The van der Waals surface area contributed by atoms with Crippen molar-refractivity contribution in [3.8, 4) is 0 Å². The molecule has 112 valence electrons. The van der Waals surface area contributed by atoms with Crippen LogP contribution in [0.2, 0.25) is 0 Å². The van der Waals surface area contributed by atoms with Gasteiger partial charge in [0.25, 0.3) is 11.6 Å². The Hall–Kier alpha value is -2.64. The number of nitrogens with zero attached hydrogens (tertiary/aromatic N) is 1. The fourth-order valence-electron chi connectivity index (χ4n) is 1.66. The van der Waals surface area contributed by atoms with E-state index in [1.807, 2.05) is 0 Å². The zero-order valence-electron chi connectivity index (χ0n) is 11.4. The molecule has 3 N–H and O–H groups in total. The number of nitro groups is 1. The lowest BCUT2D eigenvalue weighted by atomic mass is 10.2. The van der Waals surface area contributed by atoms with Gasteiger partial charge >= 0.3 is 5.97 Å². The fourth-order valence-corrected chi connectivity index (χ4v) is 1.66. The summed E-state index contributed by atoms with van der Waals surface area (Å²) in [6, 6.07) is 3.76. The van der Waals surface area contributed by atoms with Crippen LogP contribution in [-0.4, -0.2) is 28.9 Å². The third-order valence-corrected chi connectivity index (χ3v) is 3.04. The Kier molecular flexibility index (Phi) is 4.06. The number of nitrogens with one attached hydrogen (secondary N) is 1. The van der Waals surface area contributed by atoms with E-state index >= 15 is 0 Å². The molecule has 0 spiro atoms. The van der Waals surface area contributed by atoms with Gasteiger partial charge in [-0.15, -0.1) is 0 Å². The van der Waals surface area contributed by atoms with Gasteiger partial charge in [0.05, 0.1) is 10.5 Å². The van der Waals surface area contributed by atoms with Crippen LogP contribution in [0.15, 0.2) is 18.2 Å². The number of nitrogen functional groups attached to an aromatic ring is 1. The van der Waals surface area contributed by atoms with Crippen molar-refractivity contribution in [2.24, 2.45) is 0 Å². The topological polar surface area (TPSA) is 125 Å². The third-order valence-electron chi connectivity index (χ3n) is 3.04. The zero-order valence-corrected chi connectivity index (χ0v) is 11.4. The lowest BCUT2D eigenvalue weighted by Crippen LogP contribution is -2.37. The normalized spacial score (nSPS) is 15.1. The lowest BCUT2D eigenvalue weighted by Gasteiger charge is -2.13. The molecule has 2 rings (SSSR count). The van der Waals surface area contributed by atoms with Crippen LogP contribution in [0.25, 0.3) is 0 Å². The van der Waals surface area contributed by atoms with E-state index in [0.717, 1.165) is 18.9 Å². The number of hydrogen-bond donors (Lipinski definition) is 2. The van der Waals surface area contributed by atoms with Crippen molar-refractivity contribution in [2.45, 2.75) is 31.9 Å². The molecule has 1 saturated carbocycles. The Morgan fingerprint density at radius 2 is 2.14 bits per heavy atom. The first-order valence-corrected chi connectivity index (χ1v) is 6.43. The second kappa shape index (κ2) is 5.78. The molecule has 0 saturated heterocycles. The number of rotatable bonds is 5. The number of anilines is 1. The molecular formula is C13H15N3O5. The van der Waals surface area contributed by atoms with E-state index in [0.29, 0.717) is 0 Å². The summed E-state index contributed by atoms with van der Waals surface area (Å²) in [5, 5.41) is 13.5. The zero-order chi connectivity index (χ0) is 15.6. The summed E-state index contributed by atoms with van der Waals surface area (Å²) in [7, 11) is 0. The highest BCUT2D eigenvalue weighted by Crippen LogP contribution is 2.23. The van der Waals surface area contributed by atoms with Gasteiger partial charge in [-0.25, -0.2) is 4.79 Å². The first-order valence-electron chi connectivity index (χ1n) is 6.43. The number of hydrogen-bond acceptors (Lipinski definition) is 6. The van der Waals surface area contributed by atoms with Crippen LogP contribution in [0.3, 0.4) is 0 Å². The minimum atomic E-state index is -0.963. The molecule has 0 heterocycles. The smallest absolute Gasteiger partial charge is 0.339 e. The summed E-state index contributed by atoms with van der Waals surface area (Å²) in [4.78, 5) is 33.6. The van der Waals surface area contributed by atoms with Crippen molar-refractivity contribution in [3.63, 3.8) is 0 Å². The van der Waals surface area contributed by atoms with Crippen molar-refractivity contribution >= 4 is 23.3 Å². The van der Waals surface area contributed by atoms with Gasteiger partial charge in [-0.05, 0) is 31.9 Å². The number of carbonyl (C=O) groups excluding carboxylic acids is 2. The summed E-state index contributed by atoms with van der Waals surface area (Å²) in [6.45, 7) is 1.45. The third kappa shape index (κ3) is 3.68. The Morgan fingerprint density at radius 3 is 2.71 bits per heavy atom. The van der Waals surface area contributed by atoms with E-state index < -0.39 is 17.0 Å². The van der Waals surface area contributed by atoms with Gasteiger partial charge in [-0.1, -0.05) is 0 Å². The van der Waals surface area contributed by atoms with Crippen LogP contribution in [0.4, 0.5) is 11.4 Å². The molecule has 21 heavy (non-hydrogen) atoms. The van der Waals surface area contributed by atoms with Crippen molar-refractivity contribution in [3.05, 3.63) is 33.9 Å². The first kappa shape index (κ1) is 14.8. The molecule has 0 unspecified atom stereocenters. The quantitative estimate of drug-likeness (QED) is 0.361. The molecule has 8 nitrogen and oxygen atoms in total. The molecule has 1 aliphatic carbocycles. The summed E-state index contributed by atoms with van der Waals surface area (Å²) >= 11 is 0. The van der Waals surface area contributed by atoms with Crippen molar-refractivity contribution in [1.29, 1.82) is 0 Å². The van der Waals surface area contributed by atoms with Crippen molar-refractivity contribution < 1.29 is 19.2 Å². The van der Waals surface area contributed by atoms with Crippen LogP contribution >= 0.6 is 0 Å². The lowest BCUT2D eigenvalue weighted by molar-refractivity contribution is -0.383. The number of nitro benzene ring substituents is 1. The maximum absolute atomic E-state index is 11.9. The van der Waals surface area contributed by atoms with E-state index in [4.69, 9.17) is 10.5 Å². The molecule has 1 atom stereocenters. The minimum absolute atomic E-state index is 0.0260. The molecule has 1 aromatic rings. The highest BCUT2D eigenvalue weighted by Gasteiger charge is 2.27. The van der Waals surface area contributed by atoms with Gasteiger partial charge in [0.1, 0.15) is 5.69 Å². The second-order valence-corrected chi connectivity index (χ2v) is 4.86. The van der Waals surface area contributed by atoms with Crippen molar-refractivity contribution in [1.82, 2.24) is 5.32 Å². The van der Waals surface area contributed by atoms with Gasteiger partial charge in [0, 0.05) is 12.1 Å². The van der Waals surface area contributed by atoms with Crippen LogP contribution in [0.1, 0.15) is 30.1 Å². The van der Waals surface area contributed by atoms with Gasteiger partial charge in [-0.3, -0.25) is 14.9 Å². The van der Waals surface area contributed by atoms with Crippen LogP contribution in [0, 0.1) is 10.1 Å². The van der Waals surface area contributed by atoms with Gasteiger partial charge in [0.2, 0.25) is 0 Å². The molecule has 0 radical (unpaired) electrons. The molecule has 1 aromatic carbocycles. The summed E-state index contributed by atoms with van der Waals surface area (Å²) in [5.41, 5.74) is 5.00. The van der Waals surface area contributed by atoms with E-state index in [2.05, 4.69) is 5.32 Å². The maximum atomic E-state index is 11.9. The fraction of sp³-hybridized carbons (Fsp3) is 0.385. The summed E-state index contributed by atoms with van der Waals surface area (Å²) in [5.74, 6) is -1.19. The second-order valence-electron chi connectivity index (χ2n) is 4.86. The Balaban J connectivity index is 2.03. The van der Waals surface area contributed by atoms with Gasteiger partial charge < -0.3 is 15.8 Å². The number of ether oxygens (including phenoxy) is 1. The van der Waals surface area contributed by atoms with E-state index in [9.17, 15) is 19.7 Å². The summed E-state index contributed by atoms with van der Waals surface area (Å²) < 4.78 is 4.99. The molecule has 0 bridgehead atoms. The van der Waals surface area contributed by atoms with Crippen LogP contribution in [-0.2, 0) is 9.53 Å². The average Bonchev–Trinajstić information content (AvgIpc) is 3.22. The number of carbonyl (C=O) groups is 2. The molecule has 0 aliphatic heterocycles. The van der Waals surface area contributed by atoms with E-state index in [-0.39, 0.29) is 28.9 Å². The van der Waals surface area contributed by atoms with Crippen LogP contribution < -0.4 is 11.1 Å². The van der Waals surface area contributed by atoms with Gasteiger partial charge in [0.15, 0.2) is 6.10 Å². The average molecular weight is 293 g/mol. The maximum Gasteiger partial charge on any atom is 0.339 e. The van der Waals surface area contributed by atoms with E-state index in [1.54, 1.807) is 0 Å². The van der Waals surface area contributed by atoms with E-state index in [1.165, 1.54) is 19.1 Å². The molecule has 1 fully saturated rings. The molecule has 1 aliphatic rings. The van der Waals surface area contributed by atoms with Crippen molar-refractivity contribution in [2.75, 3.05) is 5.73 Å². The first-order chi connectivity index (χ1) is 9.88. The Bertz CT molecular complexity index is 597. The Morgan fingerprint density at radius 1 is 1.48 bits per heavy atom. The number of esters is 1. The van der Waals surface area contributed by atoms with Crippen LogP contribution in [0.5, 0.6) is 0 Å². The number of benzene rings is 1. The highest BCUT2D eigenvalue weighted by atomic mass is 16.6. The predicted molar refractivity (Wildman–Crippen MR) is 73.6 cm³/mol. The minimum Gasteiger partial charge on any atom is -0.449 e. The summed E-state index contributed by atoms with van der Waals surface area (Å²) in [6.07, 6.45) is 0.891. The molecule has 0 aromatic heterocycles. The standard InChI is InChI=1S/C13H15N3O5/c1-7(12(17)15-9-3-4-9)21-13(18)8-2-5-10(14)11(6-8)16(19)20/h2,5-7,9H,3-4,14H2,1H3,(H,15,17)/t7-/m0/s1. The monoisotopic (exact) mass is 293 g/mol. The number of amides is 1. The predicted octanol–water partition coefficient (Wildman–Crippen LogP) is 1.00. The Labute approximate surface area is 120 Å². The number of nitrogens with two attached hydrogens (primary N) is 1. The largest absolute Gasteiger partial charge is 0.449 e. The molecule has 8 heteroatoms. The highest BCUT2D eigenvalue weighted by molar-refractivity contribution is 5.93.